The molecule has 2 heterocycles. The zero-order chi connectivity index (χ0) is 13.2. The van der Waals surface area contributed by atoms with Gasteiger partial charge in [-0.3, -0.25) is 5.10 Å². The highest BCUT2D eigenvalue weighted by molar-refractivity contribution is 5.45. The lowest BCUT2D eigenvalue weighted by Crippen LogP contribution is -2.13. The maximum atomic E-state index is 6.17. The van der Waals surface area contributed by atoms with Crippen LogP contribution in [0.25, 0.3) is 11.6 Å². The monoisotopic (exact) mass is 254 g/mol. The first-order chi connectivity index (χ1) is 9.24. The van der Waals surface area contributed by atoms with E-state index in [-0.39, 0.29) is 6.04 Å². The average Bonchev–Trinajstić information content (AvgIpc) is 3.10. The lowest BCUT2D eigenvalue weighted by molar-refractivity contribution is 0.577. The van der Waals surface area contributed by atoms with Gasteiger partial charge >= 0.3 is 0 Å². The van der Waals surface area contributed by atoms with E-state index in [1.807, 2.05) is 37.3 Å². The molecule has 5 nitrogen and oxygen atoms in total. The predicted octanol–water partition coefficient (Wildman–Crippen LogP) is 2.42. The van der Waals surface area contributed by atoms with E-state index in [9.17, 15) is 0 Å². The van der Waals surface area contributed by atoms with Gasteiger partial charge < -0.3 is 10.2 Å². The van der Waals surface area contributed by atoms with Crippen molar-refractivity contribution in [2.24, 2.45) is 5.73 Å². The quantitative estimate of drug-likeness (QED) is 0.752. The summed E-state index contributed by atoms with van der Waals surface area (Å²) in [6, 6.07) is 11.3. The van der Waals surface area contributed by atoms with Crippen LogP contribution < -0.4 is 5.73 Å². The van der Waals surface area contributed by atoms with Crippen LogP contribution in [0.4, 0.5) is 0 Å². The third-order valence-electron chi connectivity index (χ3n) is 2.98. The molecular weight excluding hydrogens is 240 g/mol. The second-order valence-electron chi connectivity index (χ2n) is 4.41. The Kier molecular flexibility index (Phi) is 2.89. The molecule has 0 saturated carbocycles. The number of furan rings is 1. The smallest absolute Gasteiger partial charge is 0.216 e. The maximum absolute atomic E-state index is 6.17. The van der Waals surface area contributed by atoms with Crippen LogP contribution in [0.2, 0.25) is 0 Å². The van der Waals surface area contributed by atoms with Crippen molar-refractivity contribution in [2.75, 3.05) is 0 Å². The summed E-state index contributed by atoms with van der Waals surface area (Å²) in [6.07, 6.45) is 1.59. The lowest BCUT2D eigenvalue weighted by atomic mass is 10.1. The minimum Gasteiger partial charge on any atom is -0.461 e. The van der Waals surface area contributed by atoms with Gasteiger partial charge in [-0.25, -0.2) is 4.98 Å². The number of H-pyrrole nitrogens is 1. The van der Waals surface area contributed by atoms with Crippen LogP contribution in [0.5, 0.6) is 0 Å². The summed E-state index contributed by atoms with van der Waals surface area (Å²) in [5.74, 6) is 1.76. The molecule has 0 radical (unpaired) electrons. The molecule has 96 valence electrons. The van der Waals surface area contributed by atoms with Gasteiger partial charge in [0.25, 0.3) is 0 Å². The van der Waals surface area contributed by atoms with Gasteiger partial charge in [-0.1, -0.05) is 29.8 Å². The van der Waals surface area contributed by atoms with Crippen LogP contribution in [-0.2, 0) is 0 Å². The third kappa shape index (κ3) is 2.28. The van der Waals surface area contributed by atoms with Crippen molar-refractivity contribution < 1.29 is 4.42 Å². The number of nitrogens with one attached hydrogen (secondary N) is 1. The molecule has 2 aromatic heterocycles. The number of aromatic nitrogens is 3. The summed E-state index contributed by atoms with van der Waals surface area (Å²) < 4.78 is 5.25. The number of aromatic amines is 1. The second kappa shape index (κ2) is 4.70. The zero-order valence-electron chi connectivity index (χ0n) is 10.5. The summed E-state index contributed by atoms with van der Waals surface area (Å²) in [7, 11) is 0. The number of benzene rings is 1. The molecule has 0 aliphatic carbocycles. The van der Waals surface area contributed by atoms with Crippen molar-refractivity contribution in [3.63, 3.8) is 0 Å². The van der Waals surface area contributed by atoms with Gasteiger partial charge in [-0.05, 0) is 24.6 Å². The highest BCUT2D eigenvalue weighted by atomic mass is 16.3. The minimum atomic E-state index is -0.322. The Morgan fingerprint density at radius 2 is 2.00 bits per heavy atom. The third-order valence-corrected chi connectivity index (χ3v) is 2.98. The van der Waals surface area contributed by atoms with Crippen molar-refractivity contribution >= 4 is 0 Å². The van der Waals surface area contributed by atoms with E-state index in [4.69, 9.17) is 10.2 Å². The Morgan fingerprint density at radius 3 is 2.68 bits per heavy atom. The molecule has 0 amide bonds. The van der Waals surface area contributed by atoms with E-state index >= 15 is 0 Å². The number of nitrogens with zero attached hydrogens (tertiary/aromatic N) is 2. The lowest BCUT2D eigenvalue weighted by Gasteiger charge is -2.08. The number of rotatable bonds is 3. The van der Waals surface area contributed by atoms with Gasteiger partial charge in [-0.15, -0.1) is 5.10 Å². The summed E-state index contributed by atoms with van der Waals surface area (Å²) in [6.45, 7) is 2.04. The molecule has 0 saturated heterocycles. The van der Waals surface area contributed by atoms with Gasteiger partial charge in [0.15, 0.2) is 5.76 Å². The molecule has 19 heavy (non-hydrogen) atoms. The van der Waals surface area contributed by atoms with Crippen LogP contribution in [0.15, 0.2) is 47.1 Å². The van der Waals surface area contributed by atoms with Crippen molar-refractivity contribution in [3.8, 4) is 11.6 Å². The Hall–Kier alpha value is -2.40. The fourth-order valence-electron chi connectivity index (χ4n) is 1.86. The molecule has 3 aromatic rings. The van der Waals surface area contributed by atoms with E-state index in [2.05, 4.69) is 15.2 Å². The highest BCUT2D eigenvalue weighted by Gasteiger charge is 2.15. The molecule has 1 atom stereocenters. The molecule has 0 unspecified atom stereocenters. The van der Waals surface area contributed by atoms with Crippen LogP contribution >= 0.6 is 0 Å². The first-order valence-electron chi connectivity index (χ1n) is 6.02. The zero-order valence-corrected chi connectivity index (χ0v) is 10.5. The molecular formula is C14H14N4O. The van der Waals surface area contributed by atoms with Crippen LogP contribution in [-0.4, -0.2) is 15.2 Å². The SMILES string of the molecule is Cc1ccc([C@@H](N)c2nc(-c3ccco3)n[nH]2)cc1. The largest absolute Gasteiger partial charge is 0.461 e. The summed E-state index contributed by atoms with van der Waals surface area (Å²) in [5, 5.41) is 6.97. The van der Waals surface area contributed by atoms with E-state index in [1.165, 1.54) is 5.56 Å². The molecule has 0 aliphatic rings. The fraction of sp³-hybridized carbons (Fsp3) is 0.143. The molecule has 0 aliphatic heterocycles. The van der Waals surface area contributed by atoms with E-state index < -0.39 is 0 Å². The van der Waals surface area contributed by atoms with E-state index in [0.717, 1.165) is 5.56 Å². The van der Waals surface area contributed by atoms with Gasteiger partial charge in [0.2, 0.25) is 5.82 Å². The highest BCUT2D eigenvalue weighted by Crippen LogP contribution is 2.20. The molecule has 0 bridgehead atoms. The van der Waals surface area contributed by atoms with Crippen molar-refractivity contribution in [1.82, 2.24) is 15.2 Å². The van der Waals surface area contributed by atoms with Crippen LogP contribution in [0.3, 0.4) is 0 Å². The number of hydrogen-bond donors (Lipinski definition) is 2. The fourth-order valence-corrected chi connectivity index (χ4v) is 1.86. The Balaban J connectivity index is 1.88. The standard InChI is InChI=1S/C14H14N4O/c1-9-4-6-10(7-5-9)12(15)14-16-13(17-18-14)11-3-2-8-19-11/h2-8,12H,15H2,1H3,(H,16,17,18)/t12-/m1/s1. The molecule has 3 rings (SSSR count). The molecule has 3 N–H and O–H groups in total. The topological polar surface area (TPSA) is 80.7 Å². The molecule has 0 spiro atoms. The number of aryl methyl sites for hydroxylation is 1. The first kappa shape index (κ1) is 11.7. The summed E-state index contributed by atoms with van der Waals surface area (Å²) in [4.78, 5) is 4.37. The number of nitrogens with two attached hydrogens (primary N) is 1. The molecule has 0 fully saturated rings. The van der Waals surface area contributed by atoms with Crippen LogP contribution in [0.1, 0.15) is 23.0 Å². The summed E-state index contributed by atoms with van der Waals surface area (Å²) in [5.41, 5.74) is 8.36. The van der Waals surface area contributed by atoms with Gasteiger partial charge in [0.05, 0.1) is 12.3 Å². The average molecular weight is 254 g/mol. The van der Waals surface area contributed by atoms with Gasteiger partial charge in [0, 0.05) is 0 Å². The van der Waals surface area contributed by atoms with Crippen molar-refractivity contribution in [2.45, 2.75) is 13.0 Å². The molecule has 1 aromatic carbocycles. The Bertz CT molecular complexity index is 655. The van der Waals surface area contributed by atoms with Gasteiger partial charge in [-0.2, -0.15) is 0 Å². The van der Waals surface area contributed by atoms with Crippen molar-refractivity contribution in [1.29, 1.82) is 0 Å². The first-order valence-corrected chi connectivity index (χ1v) is 6.02. The summed E-state index contributed by atoms with van der Waals surface area (Å²) >= 11 is 0. The van der Waals surface area contributed by atoms with Crippen molar-refractivity contribution in [3.05, 3.63) is 59.6 Å². The molecule has 5 heteroatoms. The Morgan fingerprint density at radius 1 is 1.21 bits per heavy atom. The second-order valence-corrected chi connectivity index (χ2v) is 4.41. The number of hydrogen-bond acceptors (Lipinski definition) is 4. The van der Waals surface area contributed by atoms with Gasteiger partial charge in [0.1, 0.15) is 5.82 Å². The predicted molar refractivity (Wildman–Crippen MR) is 71.3 cm³/mol. The normalized spacial score (nSPS) is 12.5. The van der Waals surface area contributed by atoms with E-state index in [0.29, 0.717) is 17.4 Å². The maximum Gasteiger partial charge on any atom is 0.216 e. The van der Waals surface area contributed by atoms with E-state index in [1.54, 1.807) is 12.3 Å². The van der Waals surface area contributed by atoms with Crippen LogP contribution in [0, 0.1) is 6.92 Å². The minimum absolute atomic E-state index is 0.322. The Labute approximate surface area is 110 Å².